The van der Waals surface area contributed by atoms with Gasteiger partial charge in [-0.2, -0.15) is 4.31 Å². The zero-order valence-electron chi connectivity index (χ0n) is 13.0. The van der Waals surface area contributed by atoms with Crippen LogP contribution < -0.4 is 0 Å². The molecule has 0 spiro atoms. The minimum Gasteiger partial charge on any atom is -0.380 e. The number of hydrogen-bond donors (Lipinski definition) is 0. The molecule has 1 aromatic rings. The summed E-state index contributed by atoms with van der Waals surface area (Å²) < 4.78 is 37.4. The van der Waals surface area contributed by atoms with Crippen LogP contribution in [0.15, 0.2) is 29.2 Å². The molecular formula is C15H25NO4S. The molecule has 0 N–H and O–H groups in total. The summed E-state index contributed by atoms with van der Waals surface area (Å²) in [4.78, 5) is 0.315. The smallest absolute Gasteiger partial charge is 0.243 e. The predicted molar refractivity (Wildman–Crippen MR) is 82.9 cm³/mol. The molecule has 0 aliphatic carbocycles. The van der Waals surface area contributed by atoms with E-state index in [9.17, 15) is 8.42 Å². The Morgan fingerprint density at radius 3 is 2.10 bits per heavy atom. The highest BCUT2D eigenvalue weighted by atomic mass is 32.2. The molecule has 0 atom stereocenters. The molecule has 0 radical (unpaired) electrons. The first-order chi connectivity index (χ1) is 10.0. The summed E-state index contributed by atoms with van der Waals surface area (Å²) in [7, 11) is -3.51. The second kappa shape index (κ2) is 9.15. The standard InChI is InChI=1S/C15H25NO4S/c1-4-19-11-9-16(10-12-20-5-2)21(17,18)15-8-6-7-14(3)13-15/h6-8,13H,4-5,9-12H2,1-3H3. The maximum Gasteiger partial charge on any atom is 0.243 e. The van der Waals surface area contributed by atoms with Gasteiger partial charge >= 0.3 is 0 Å². The summed E-state index contributed by atoms with van der Waals surface area (Å²) in [6.45, 7) is 8.23. The van der Waals surface area contributed by atoms with Crippen LogP contribution in [-0.4, -0.2) is 52.2 Å². The van der Waals surface area contributed by atoms with Crippen molar-refractivity contribution in [3.05, 3.63) is 29.8 Å². The van der Waals surface area contributed by atoms with Crippen molar-refractivity contribution in [2.45, 2.75) is 25.7 Å². The van der Waals surface area contributed by atoms with E-state index in [1.807, 2.05) is 26.8 Å². The van der Waals surface area contributed by atoms with Gasteiger partial charge in [0.05, 0.1) is 18.1 Å². The Kier molecular flexibility index (Phi) is 7.88. The fourth-order valence-corrected chi connectivity index (χ4v) is 3.41. The molecule has 1 rings (SSSR count). The number of nitrogens with zero attached hydrogens (tertiary/aromatic N) is 1. The first kappa shape index (κ1) is 18.1. The van der Waals surface area contributed by atoms with E-state index in [-0.39, 0.29) is 0 Å². The summed E-state index contributed by atoms with van der Waals surface area (Å²) in [5.74, 6) is 0. The lowest BCUT2D eigenvalue weighted by atomic mass is 10.2. The van der Waals surface area contributed by atoms with E-state index in [0.717, 1.165) is 5.56 Å². The maximum atomic E-state index is 12.7. The number of benzene rings is 1. The zero-order chi connectivity index (χ0) is 15.7. The van der Waals surface area contributed by atoms with Crippen LogP contribution in [0.4, 0.5) is 0 Å². The van der Waals surface area contributed by atoms with Crippen LogP contribution in [-0.2, 0) is 19.5 Å². The van der Waals surface area contributed by atoms with Crippen LogP contribution in [0.1, 0.15) is 19.4 Å². The van der Waals surface area contributed by atoms with E-state index in [1.54, 1.807) is 18.2 Å². The molecule has 0 saturated carbocycles. The lowest BCUT2D eigenvalue weighted by Crippen LogP contribution is -2.36. The first-order valence-corrected chi connectivity index (χ1v) is 8.68. The zero-order valence-corrected chi connectivity index (χ0v) is 13.9. The lowest BCUT2D eigenvalue weighted by Gasteiger charge is -2.22. The number of aryl methyl sites for hydroxylation is 1. The van der Waals surface area contributed by atoms with Crippen molar-refractivity contribution in [2.75, 3.05) is 39.5 Å². The van der Waals surface area contributed by atoms with Crippen molar-refractivity contribution >= 4 is 10.0 Å². The van der Waals surface area contributed by atoms with Gasteiger partial charge in [-0.15, -0.1) is 0 Å². The van der Waals surface area contributed by atoms with Crippen LogP contribution in [0.2, 0.25) is 0 Å². The Bertz CT molecular complexity index is 506. The van der Waals surface area contributed by atoms with Gasteiger partial charge in [-0.1, -0.05) is 12.1 Å². The number of sulfonamides is 1. The van der Waals surface area contributed by atoms with E-state index >= 15 is 0 Å². The van der Waals surface area contributed by atoms with Gasteiger partial charge in [-0.25, -0.2) is 8.42 Å². The third kappa shape index (κ3) is 5.74. The lowest BCUT2D eigenvalue weighted by molar-refractivity contribution is 0.110. The third-order valence-corrected chi connectivity index (χ3v) is 4.90. The van der Waals surface area contributed by atoms with Gasteiger partial charge < -0.3 is 9.47 Å². The topological polar surface area (TPSA) is 55.8 Å². The molecule has 120 valence electrons. The van der Waals surface area contributed by atoms with Gasteiger partial charge in [0.15, 0.2) is 0 Å². The molecule has 0 heterocycles. The van der Waals surface area contributed by atoms with E-state index < -0.39 is 10.0 Å². The summed E-state index contributed by atoms with van der Waals surface area (Å²) in [6.07, 6.45) is 0. The quantitative estimate of drug-likeness (QED) is 0.620. The van der Waals surface area contributed by atoms with Crippen molar-refractivity contribution < 1.29 is 17.9 Å². The molecule has 5 nitrogen and oxygen atoms in total. The van der Waals surface area contributed by atoms with Crippen LogP contribution in [0.25, 0.3) is 0 Å². The predicted octanol–water partition coefficient (Wildman–Crippen LogP) is 2.06. The summed E-state index contributed by atoms with van der Waals surface area (Å²) >= 11 is 0. The maximum absolute atomic E-state index is 12.7. The summed E-state index contributed by atoms with van der Waals surface area (Å²) in [5, 5.41) is 0. The molecule has 0 aliphatic heterocycles. The molecule has 21 heavy (non-hydrogen) atoms. The van der Waals surface area contributed by atoms with Gasteiger partial charge in [0, 0.05) is 26.3 Å². The average molecular weight is 315 g/mol. The van der Waals surface area contributed by atoms with E-state index in [4.69, 9.17) is 9.47 Å². The summed E-state index contributed by atoms with van der Waals surface area (Å²) in [5.41, 5.74) is 0.922. The van der Waals surface area contributed by atoms with Crippen LogP contribution in [0.3, 0.4) is 0 Å². The van der Waals surface area contributed by atoms with Gasteiger partial charge in [0.25, 0.3) is 0 Å². The largest absolute Gasteiger partial charge is 0.380 e. The van der Waals surface area contributed by atoms with Crippen molar-refractivity contribution in [3.63, 3.8) is 0 Å². The highest BCUT2D eigenvalue weighted by Gasteiger charge is 2.24. The highest BCUT2D eigenvalue weighted by Crippen LogP contribution is 2.16. The first-order valence-electron chi connectivity index (χ1n) is 7.24. The van der Waals surface area contributed by atoms with Crippen molar-refractivity contribution in [3.8, 4) is 0 Å². The molecule has 0 bridgehead atoms. The Labute approximate surface area is 127 Å². The Morgan fingerprint density at radius 1 is 1.05 bits per heavy atom. The number of ether oxygens (including phenoxy) is 2. The van der Waals surface area contributed by atoms with Crippen molar-refractivity contribution in [1.82, 2.24) is 4.31 Å². The van der Waals surface area contributed by atoms with Crippen molar-refractivity contribution in [2.24, 2.45) is 0 Å². The van der Waals surface area contributed by atoms with Crippen LogP contribution >= 0.6 is 0 Å². The van der Waals surface area contributed by atoms with Crippen LogP contribution in [0, 0.1) is 6.92 Å². The number of hydrogen-bond acceptors (Lipinski definition) is 4. The second-order valence-electron chi connectivity index (χ2n) is 4.61. The fourth-order valence-electron chi connectivity index (χ4n) is 1.90. The fraction of sp³-hybridized carbons (Fsp3) is 0.600. The van der Waals surface area contributed by atoms with Gasteiger partial charge in [0.1, 0.15) is 0 Å². The molecule has 1 aromatic carbocycles. The van der Waals surface area contributed by atoms with Crippen molar-refractivity contribution in [1.29, 1.82) is 0 Å². The van der Waals surface area contributed by atoms with E-state index in [2.05, 4.69) is 0 Å². The monoisotopic (exact) mass is 315 g/mol. The van der Waals surface area contributed by atoms with E-state index in [0.29, 0.717) is 44.4 Å². The third-order valence-electron chi connectivity index (χ3n) is 3.01. The second-order valence-corrected chi connectivity index (χ2v) is 6.55. The Balaban J connectivity index is 2.87. The SMILES string of the molecule is CCOCCN(CCOCC)S(=O)(=O)c1cccc(C)c1. The minimum atomic E-state index is -3.51. The summed E-state index contributed by atoms with van der Waals surface area (Å²) in [6, 6.07) is 6.94. The molecule has 6 heteroatoms. The molecule has 0 aromatic heterocycles. The molecule has 0 unspecified atom stereocenters. The Hall–Kier alpha value is -0.950. The van der Waals surface area contributed by atoms with Gasteiger partial charge in [0.2, 0.25) is 10.0 Å². The average Bonchev–Trinajstić information content (AvgIpc) is 2.46. The molecule has 0 amide bonds. The molecule has 0 fully saturated rings. The van der Waals surface area contributed by atoms with E-state index in [1.165, 1.54) is 4.31 Å². The molecular weight excluding hydrogens is 290 g/mol. The van der Waals surface area contributed by atoms with Gasteiger partial charge in [-0.05, 0) is 38.5 Å². The van der Waals surface area contributed by atoms with Crippen LogP contribution in [0.5, 0.6) is 0 Å². The number of rotatable bonds is 10. The minimum absolute atomic E-state index is 0.315. The van der Waals surface area contributed by atoms with Gasteiger partial charge in [-0.3, -0.25) is 0 Å². The normalized spacial score (nSPS) is 12.0. The Morgan fingerprint density at radius 2 is 1.62 bits per heavy atom. The molecule has 0 aliphatic rings. The molecule has 0 saturated heterocycles. The highest BCUT2D eigenvalue weighted by molar-refractivity contribution is 7.89.